The number of carbonyl (C=O) groups excluding carboxylic acids is 1. The van der Waals surface area contributed by atoms with Crippen molar-refractivity contribution in [3.8, 4) is 0 Å². The van der Waals surface area contributed by atoms with E-state index in [0.29, 0.717) is 18.6 Å². The van der Waals surface area contributed by atoms with Gasteiger partial charge in [0.1, 0.15) is 11.9 Å². The summed E-state index contributed by atoms with van der Waals surface area (Å²) < 4.78 is 12.7. The van der Waals surface area contributed by atoms with Crippen LogP contribution in [-0.2, 0) is 15.3 Å². The smallest absolute Gasteiger partial charge is 0.326 e. The SMILES string of the molecule is CCCC(NC(=O)CSCc1ccc(F)cc1)C(=O)O. The van der Waals surface area contributed by atoms with Crippen molar-refractivity contribution in [3.05, 3.63) is 35.6 Å². The monoisotopic (exact) mass is 299 g/mol. The number of rotatable bonds is 8. The molecule has 0 radical (unpaired) electrons. The highest BCUT2D eigenvalue weighted by atomic mass is 32.2. The predicted octanol–water partition coefficient (Wildman–Crippen LogP) is 2.43. The predicted molar refractivity (Wildman–Crippen MR) is 77.0 cm³/mol. The Balaban J connectivity index is 2.32. The van der Waals surface area contributed by atoms with Crippen LogP contribution in [0.25, 0.3) is 0 Å². The molecule has 0 saturated carbocycles. The zero-order valence-electron chi connectivity index (χ0n) is 11.3. The summed E-state index contributed by atoms with van der Waals surface area (Å²) in [4.78, 5) is 22.5. The summed E-state index contributed by atoms with van der Waals surface area (Å²) in [5, 5.41) is 11.4. The number of aliphatic carboxylic acids is 1. The number of hydrogen-bond donors (Lipinski definition) is 2. The first-order chi connectivity index (χ1) is 9.52. The topological polar surface area (TPSA) is 66.4 Å². The van der Waals surface area contributed by atoms with Crippen LogP contribution in [0.1, 0.15) is 25.3 Å². The number of carbonyl (C=O) groups is 2. The molecule has 0 fully saturated rings. The van der Waals surface area contributed by atoms with Crippen LogP contribution in [0.3, 0.4) is 0 Å². The zero-order valence-corrected chi connectivity index (χ0v) is 12.1. The first-order valence-electron chi connectivity index (χ1n) is 6.37. The number of nitrogens with one attached hydrogen (secondary N) is 1. The van der Waals surface area contributed by atoms with Gasteiger partial charge in [0.25, 0.3) is 0 Å². The Bertz CT molecular complexity index is 450. The van der Waals surface area contributed by atoms with Gasteiger partial charge in [-0.3, -0.25) is 4.79 Å². The maximum atomic E-state index is 12.7. The van der Waals surface area contributed by atoms with E-state index < -0.39 is 12.0 Å². The zero-order chi connectivity index (χ0) is 15.0. The van der Waals surface area contributed by atoms with Gasteiger partial charge >= 0.3 is 5.97 Å². The second-order valence-electron chi connectivity index (χ2n) is 4.37. The molecule has 1 aromatic carbocycles. The van der Waals surface area contributed by atoms with Gasteiger partial charge in [0.15, 0.2) is 0 Å². The van der Waals surface area contributed by atoms with E-state index in [1.54, 1.807) is 12.1 Å². The highest BCUT2D eigenvalue weighted by Gasteiger charge is 2.18. The molecule has 20 heavy (non-hydrogen) atoms. The van der Waals surface area contributed by atoms with E-state index >= 15 is 0 Å². The van der Waals surface area contributed by atoms with Gasteiger partial charge in [0.2, 0.25) is 5.91 Å². The lowest BCUT2D eigenvalue weighted by atomic mass is 10.2. The number of hydrogen-bond acceptors (Lipinski definition) is 3. The Morgan fingerprint density at radius 1 is 1.35 bits per heavy atom. The number of carboxylic acids is 1. The molecular weight excluding hydrogens is 281 g/mol. The van der Waals surface area contributed by atoms with Crippen LogP contribution in [0.5, 0.6) is 0 Å². The minimum absolute atomic E-state index is 0.185. The second kappa shape index (κ2) is 8.58. The Morgan fingerprint density at radius 2 is 2.00 bits per heavy atom. The molecule has 0 saturated heterocycles. The Hall–Kier alpha value is -1.56. The van der Waals surface area contributed by atoms with Gasteiger partial charge in [-0.25, -0.2) is 9.18 Å². The number of halogens is 1. The molecular formula is C14H18FNO3S. The molecule has 4 nitrogen and oxygen atoms in total. The van der Waals surface area contributed by atoms with E-state index in [1.165, 1.54) is 23.9 Å². The fourth-order valence-electron chi connectivity index (χ4n) is 1.62. The fraction of sp³-hybridized carbons (Fsp3) is 0.429. The maximum Gasteiger partial charge on any atom is 0.326 e. The van der Waals surface area contributed by atoms with Gasteiger partial charge < -0.3 is 10.4 Å². The van der Waals surface area contributed by atoms with E-state index in [4.69, 9.17) is 5.11 Å². The van der Waals surface area contributed by atoms with Gasteiger partial charge in [-0.2, -0.15) is 0 Å². The summed E-state index contributed by atoms with van der Waals surface area (Å²) in [5.74, 6) is -0.827. The van der Waals surface area contributed by atoms with Crippen LogP contribution in [0.4, 0.5) is 4.39 Å². The van der Waals surface area contributed by atoms with Gasteiger partial charge in [-0.05, 0) is 24.1 Å². The van der Waals surface area contributed by atoms with Crippen LogP contribution in [-0.4, -0.2) is 28.8 Å². The summed E-state index contributed by atoms with van der Waals surface area (Å²) in [7, 11) is 0. The van der Waals surface area contributed by atoms with Gasteiger partial charge in [-0.1, -0.05) is 25.5 Å². The average Bonchev–Trinajstić information content (AvgIpc) is 2.40. The summed E-state index contributed by atoms with van der Waals surface area (Å²) in [5.41, 5.74) is 0.924. The standard InChI is InChI=1S/C14H18FNO3S/c1-2-3-12(14(18)19)16-13(17)9-20-8-10-4-6-11(15)7-5-10/h4-7,12H,2-3,8-9H2,1H3,(H,16,17)(H,18,19). The van der Waals surface area contributed by atoms with Crippen LogP contribution in [0.15, 0.2) is 24.3 Å². The lowest BCUT2D eigenvalue weighted by Crippen LogP contribution is -2.41. The minimum Gasteiger partial charge on any atom is -0.480 e. The van der Waals surface area contributed by atoms with Crippen LogP contribution in [0.2, 0.25) is 0 Å². The number of amides is 1. The van der Waals surface area contributed by atoms with Crippen LogP contribution >= 0.6 is 11.8 Å². The van der Waals surface area contributed by atoms with Gasteiger partial charge in [0.05, 0.1) is 5.75 Å². The molecule has 1 unspecified atom stereocenters. The molecule has 1 atom stereocenters. The van der Waals surface area contributed by atoms with Crippen molar-refractivity contribution in [1.29, 1.82) is 0 Å². The van der Waals surface area contributed by atoms with Crippen LogP contribution in [0, 0.1) is 5.82 Å². The molecule has 1 rings (SSSR count). The van der Waals surface area contributed by atoms with Crippen molar-refractivity contribution in [3.63, 3.8) is 0 Å². The summed E-state index contributed by atoms with van der Waals surface area (Å²) in [6.07, 6.45) is 1.11. The minimum atomic E-state index is -1.01. The van der Waals surface area contributed by atoms with E-state index in [1.807, 2.05) is 6.92 Å². The molecule has 110 valence electrons. The van der Waals surface area contributed by atoms with Crippen LogP contribution < -0.4 is 5.32 Å². The lowest BCUT2D eigenvalue weighted by molar-refractivity contribution is -0.141. The first kappa shape index (κ1) is 16.5. The maximum absolute atomic E-state index is 12.7. The van der Waals surface area contributed by atoms with Crippen molar-refractivity contribution in [2.24, 2.45) is 0 Å². The molecule has 0 aliphatic heterocycles. The Kier molecular flexibility index (Phi) is 7.08. The van der Waals surface area contributed by atoms with E-state index in [-0.39, 0.29) is 17.5 Å². The third-order valence-electron chi connectivity index (χ3n) is 2.63. The molecule has 1 amide bonds. The number of carboxylic acid groups (broad SMARTS) is 1. The molecule has 1 aromatic rings. The quantitative estimate of drug-likeness (QED) is 0.773. The fourth-order valence-corrected chi connectivity index (χ4v) is 2.42. The third-order valence-corrected chi connectivity index (χ3v) is 3.63. The first-order valence-corrected chi connectivity index (χ1v) is 7.52. The molecule has 0 bridgehead atoms. The summed E-state index contributed by atoms with van der Waals surface area (Å²) in [6.45, 7) is 1.87. The Morgan fingerprint density at radius 3 is 2.55 bits per heavy atom. The van der Waals surface area contributed by atoms with Crippen molar-refractivity contribution in [2.45, 2.75) is 31.6 Å². The summed E-state index contributed by atoms with van der Waals surface area (Å²) in [6, 6.07) is 5.25. The molecule has 0 aliphatic carbocycles. The molecule has 0 heterocycles. The largest absolute Gasteiger partial charge is 0.480 e. The number of thioether (sulfide) groups is 1. The van der Waals surface area contributed by atoms with Crippen molar-refractivity contribution in [1.82, 2.24) is 5.32 Å². The van der Waals surface area contributed by atoms with Gasteiger partial charge in [-0.15, -0.1) is 11.8 Å². The van der Waals surface area contributed by atoms with Crippen molar-refractivity contribution < 1.29 is 19.1 Å². The van der Waals surface area contributed by atoms with E-state index in [9.17, 15) is 14.0 Å². The van der Waals surface area contributed by atoms with Crippen molar-refractivity contribution >= 4 is 23.6 Å². The molecule has 2 N–H and O–H groups in total. The average molecular weight is 299 g/mol. The van der Waals surface area contributed by atoms with E-state index in [0.717, 1.165) is 5.56 Å². The Labute approximate surface area is 121 Å². The third kappa shape index (κ3) is 6.06. The second-order valence-corrected chi connectivity index (χ2v) is 5.35. The molecule has 0 spiro atoms. The van der Waals surface area contributed by atoms with Gasteiger partial charge in [0, 0.05) is 5.75 Å². The lowest BCUT2D eigenvalue weighted by Gasteiger charge is -2.13. The van der Waals surface area contributed by atoms with E-state index in [2.05, 4.69) is 5.32 Å². The number of benzene rings is 1. The normalized spacial score (nSPS) is 11.9. The molecule has 6 heteroatoms. The van der Waals surface area contributed by atoms with Crippen molar-refractivity contribution in [2.75, 3.05) is 5.75 Å². The molecule has 0 aliphatic rings. The highest BCUT2D eigenvalue weighted by Crippen LogP contribution is 2.12. The molecule has 0 aromatic heterocycles. The highest BCUT2D eigenvalue weighted by molar-refractivity contribution is 7.99. The summed E-state index contributed by atoms with van der Waals surface area (Å²) >= 11 is 1.36.